The summed E-state index contributed by atoms with van der Waals surface area (Å²) in [6, 6.07) is 11.8. The zero-order valence-corrected chi connectivity index (χ0v) is 19.4. The van der Waals surface area contributed by atoms with Crippen molar-refractivity contribution in [1.29, 1.82) is 0 Å². The maximum absolute atomic E-state index is 13.8. The molecule has 3 heterocycles. The molecular formula is C25H26ClN5O2. The predicted molar refractivity (Wildman–Crippen MR) is 129 cm³/mol. The Morgan fingerprint density at radius 1 is 1.27 bits per heavy atom. The van der Waals surface area contributed by atoms with E-state index in [4.69, 9.17) is 16.0 Å². The molecule has 1 saturated heterocycles. The lowest BCUT2D eigenvalue weighted by Crippen LogP contribution is -2.51. The van der Waals surface area contributed by atoms with Gasteiger partial charge in [0.05, 0.1) is 23.6 Å². The summed E-state index contributed by atoms with van der Waals surface area (Å²) >= 11 is 6.07. The third kappa shape index (κ3) is 4.33. The Hall–Kier alpha value is -3.32. The van der Waals surface area contributed by atoms with E-state index in [9.17, 15) is 4.79 Å². The average Bonchev–Trinajstić information content (AvgIpc) is 3.47. The molecule has 2 unspecified atom stereocenters. The van der Waals surface area contributed by atoms with E-state index in [1.54, 1.807) is 24.7 Å². The number of hydrogen-bond acceptors (Lipinski definition) is 5. The van der Waals surface area contributed by atoms with Crippen LogP contribution in [0.25, 0.3) is 16.8 Å². The summed E-state index contributed by atoms with van der Waals surface area (Å²) in [7, 11) is 0. The highest BCUT2D eigenvalue weighted by Crippen LogP contribution is 2.28. The molecule has 4 aromatic rings. The number of carbonyl (C=O) groups is 1. The number of piperidine rings is 1. The van der Waals surface area contributed by atoms with Gasteiger partial charge in [0.1, 0.15) is 5.52 Å². The number of oxazole rings is 1. The van der Waals surface area contributed by atoms with Gasteiger partial charge in [-0.2, -0.15) is 4.98 Å². The van der Waals surface area contributed by atoms with E-state index in [1.807, 2.05) is 46.9 Å². The minimum absolute atomic E-state index is 0.0148. The number of halogens is 1. The van der Waals surface area contributed by atoms with Crippen molar-refractivity contribution >= 4 is 34.6 Å². The second kappa shape index (κ2) is 8.90. The molecule has 2 aromatic carbocycles. The molecule has 0 aliphatic carbocycles. The molecule has 33 heavy (non-hydrogen) atoms. The van der Waals surface area contributed by atoms with Crippen LogP contribution in [-0.2, 0) is 0 Å². The van der Waals surface area contributed by atoms with E-state index < -0.39 is 0 Å². The first-order chi connectivity index (χ1) is 16.0. The van der Waals surface area contributed by atoms with Crippen LogP contribution in [-0.4, -0.2) is 44.5 Å². The minimum atomic E-state index is 0.0148. The molecule has 1 aliphatic rings. The van der Waals surface area contributed by atoms with Gasteiger partial charge in [-0.1, -0.05) is 30.2 Å². The van der Waals surface area contributed by atoms with Gasteiger partial charge in [-0.15, -0.1) is 0 Å². The lowest BCUT2D eigenvalue weighted by molar-refractivity contribution is 0.0539. The van der Waals surface area contributed by atoms with Gasteiger partial charge in [-0.25, -0.2) is 4.98 Å². The summed E-state index contributed by atoms with van der Waals surface area (Å²) in [4.78, 5) is 24.5. The lowest BCUT2D eigenvalue weighted by atomic mass is 9.90. The van der Waals surface area contributed by atoms with Gasteiger partial charge < -0.3 is 19.2 Å². The Morgan fingerprint density at radius 3 is 2.97 bits per heavy atom. The Bertz CT molecular complexity index is 1280. The molecule has 0 bridgehead atoms. The van der Waals surface area contributed by atoms with Gasteiger partial charge in [0, 0.05) is 30.5 Å². The topological polar surface area (TPSA) is 76.2 Å². The van der Waals surface area contributed by atoms with Crippen molar-refractivity contribution in [3.63, 3.8) is 0 Å². The summed E-state index contributed by atoms with van der Waals surface area (Å²) in [6.45, 7) is 5.48. The van der Waals surface area contributed by atoms with Crippen LogP contribution in [0.5, 0.6) is 0 Å². The number of rotatable bonds is 5. The van der Waals surface area contributed by atoms with Gasteiger partial charge in [0.2, 0.25) is 0 Å². The molecule has 0 spiro atoms. The Morgan fingerprint density at radius 2 is 2.15 bits per heavy atom. The number of benzene rings is 2. The first kappa shape index (κ1) is 21.5. The first-order valence-electron chi connectivity index (χ1n) is 11.2. The van der Waals surface area contributed by atoms with Crippen LogP contribution in [0.15, 0.2) is 59.5 Å². The van der Waals surface area contributed by atoms with Crippen molar-refractivity contribution in [3.05, 3.63) is 71.3 Å². The van der Waals surface area contributed by atoms with E-state index in [1.165, 1.54) is 0 Å². The smallest absolute Gasteiger partial charge is 0.295 e. The van der Waals surface area contributed by atoms with E-state index >= 15 is 0 Å². The number of nitrogens with one attached hydrogen (secondary N) is 1. The molecule has 170 valence electrons. The fraction of sp³-hybridized carbons (Fsp3) is 0.320. The number of hydrogen-bond donors (Lipinski definition) is 1. The fourth-order valence-electron chi connectivity index (χ4n) is 4.58. The number of likely N-dealkylation sites (tertiary alicyclic amines) is 1. The molecule has 1 amide bonds. The molecule has 2 atom stereocenters. The highest BCUT2D eigenvalue weighted by atomic mass is 35.5. The van der Waals surface area contributed by atoms with Crippen LogP contribution in [0.2, 0.25) is 5.02 Å². The van der Waals surface area contributed by atoms with Crippen molar-refractivity contribution in [3.8, 4) is 5.69 Å². The average molecular weight is 464 g/mol. The highest BCUT2D eigenvalue weighted by molar-refractivity contribution is 6.31. The van der Waals surface area contributed by atoms with Crippen LogP contribution in [0.3, 0.4) is 0 Å². The number of anilines is 1. The quantitative estimate of drug-likeness (QED) is 0.433. The monoisotopic (exact) mass is 463 g/mol. The number of aryl methyl sites for hydroxylation is 1. The van der Waals surface area contributed by atoms with Gasteiger partial charge in [-0.3, -0.25) is 4.79 Å². The standard InChI is InChI=1S/C25H26ClN5O2/c1-16-5-7-21(30-11-9-27-15-30)19(12-16)24(32)31-10-3-4-17(2)22(31)14-28-25-29-20-13-18(26)6-8-23(20)33-25/h5-9,11-13,15,17,22H,3-4,10,14H2,1-2H3,(H,28,29). The van der Waals surface area contributed by atoms with E-state index in [2.05, 4.69) is 22.2 Å². The SMILES string of the molecule is Cc1ccc(-n2ccnc2)c(C(=O)N2CCCC(C)C2CNc2nc3cc(Cl)ccc3o2)c1. The molecule has 1 N–H and O–H groups in total. The number of carbonyl (C=O) groups excluding carboxylic acids is 1. The second-order valence-corrected chi connectivity index (χ2v) is 9.12. The van der Waals surface area contributed by atoms with Gasteiger partial charge in [0.25, 0.3) is 11.9 Å². The van der Waals surface area contributed by atoms with Crippen molar-refractivity contribution in [1.82, 2.24) is 19.4 Å². The number of amides is 1. The first-order valence-corrected chi connectivity index (χ1v) is 11.6. The fourth-order valence-corrected chi connectivity index (χ4v) is 4.75. The van der Waals surface area contributed by atoms with Gasteiger partial charge >= 0.3 is 0 Å². The normalized spacial score (nSPS) is 18.6. The lowest BCUT2D eigenvalue weighted by Gasteiger charge is -2.40. The molecule has 1 aliphatic heterocycles. The van der Waals surface area contributed by atoms with Crippen molar-refractivity contribution in [2.24, 2.45) is 5.92 Å². The Labute approximate surface area is 197 Å². The predicted octanol–water partition coefficient (Wildman–Crippen LogP) is 5.33. The zero-order chi connectivity index (χ0) is 22.9. The molecule has 5 rings (SSSR count). The molecule has 7 nitrogen and oxygen atoms in total. The summed E-state index contributed by atoms with van der Waals surface area (Å²) in [5.74, 6) is 0.376. The molecule has 8 heteroatoms. The van der Waals surface area contributed by atoms with Crippen LogP contribution < -0.4 is 5.32 Å². The second-order valence-electron chi connectivity index (χ2n) is 8.69. The van der Waals surface area contributed by atoms with E-state index in [0.29, 0.717) is 40.2 Å². The maximum atomic E-state index is 13.8. The maximum Gasteiger partial charge on any atom is 0.295 e. The summed E-state index contributed by atoms with van der Waals surface area (Å²) in [5, 5.41) is 3.93. The third-order valence-corrected chi connectivity index (χ3v) is 6.59. The van der Waals surface area contributed by atoms with Crippen molar-refractivity contribution < 1.29 is 9.21 Å². The van der Waals surface area contributed by atoms with Crippen LogP contribution in [0.4, 0.5) is 6.01 Å². The van der Waals surface area contributed by atoms with Crippen molar-refractivity contribution in [2.75, 3.05) is 18.4 Å². The summed E-state index contributed by atoms with van der Waals surface area (Å²) in [5.41, 5.74) is 3.95. The molecule has 2 aromatic heterocycles. The van der Waals surface area contributed by atoms with Crippen LogP contribution >= 0.6 is 11.6 Å². The number of imidazole rings is 1. The Balaban J connectivity index is 1.40. The zero-order valence-electron chi connectivity index (χ0n) is 18.7. The summed E-state index contributed by atoms with van der Waals surface area (Å²) < 4.78 is 7.70. The third-order valence-electron chi connectivity index (χ3n) is 6.35. The molecule has 0 radical (unpaired) electrons. The minimum Gasteiger partial charge on any atom is -0.424 e. The van der Waals surface area contributed by atoms with E-state index in [0.717, 1.165) is 30.6 Å². The molecular weight excluding hydrogens is 438 g/mol. The van der Waals surface area contributed by atoms with Gasteiger partial charge in [-0.05, 0) is 56.0 Å². The van der Waals surface area contributed by atoms with E-state index in [-0.39, 0.29) is 11.9 Å². The number of nitrogens with zero attached hydrogens (tertiary/aromatic N) is 4. The van der Waals surface area contributed by atoms with Crippen LogP contribution in [0, 0.1) is 12.8 Å². The highest BCUT2D eigenvalue weighted by Gasteiger charge is 2.33. The number of fused-ring (bicyclic) bond motifs is 1. The van der Waals surface area contributed by atoms with Gasteiger partial charge in [0.15, 0.2) is 5.58 Å². The number of aromatic nitrogens is 3. The Kier molecular flexibility index (Phi) is 5.81. The van der Waals surface area contributed by atoms with Crippen molar-refractivity contribution in [2.45, 2.75) is 32.7 Å². The van der Waals surface area contributed by atoms with Crippen LogP contribution in [0.1, 0.15) is 35.7 Å². The molecule has 0 saturated carbocycles. The largest absolute Gasteiger partial charge is 0.424 e. The summed E-state index contributed by atoms with van der Waals surface area (Å²) in [6.07, 6.45) is 7.35. The molecule has 1 fully saturated rings.